The zero-order valence-electron chi connectivity index (χ0n) is 14.5. The summed E-state index contributed by atoms with van der Waals surface area (Å²) in [6.07, 6.45) is 4.47. The van der Waals surface area contributed by atoms with Gasteiger partial charge in [-0.15, -0.1) is 0 Å². The Balaban J connectivity index is 1.70. The first kappa shape index (κ1) is 15.1. The van der Waals surface area contributed by atoms with Crippen molar-refractivity contribution in [2.75, 3.05) is 18.0 Å². The van der Waals surface area contributed by atoms with Crippen LogP contribution in [-0.2, 0) is 0 Å². The van der Waals surface area contributed by atoms with Crippen LogP contribution in [0.5, 0.6) is 0 Å². The van der Waals surface area contributed by atoms with Crippen LogP contribution >= 0.6 is 0 Å². The zero-order chi connectivity index (χ0) is 17.3. The van der Waals surface area contributed by atoms with E-state index in [-0.39, 0.29) is 0 Å². The number of hydrogen-bond donors (Lipinski definition) is 1. The molecule has 4 nitrogen and oxygen atoms in total. The molecule has 3 heterocycles. The van der Waals surface area contributed by atoms with Crippen LogP contribution in [0.25, 0.3) is 33.4 Å². The Morgan fingerprint density at radius 3 is 2.38 bits per heavy atom. The van der Waals surface area contributed by atoms with E-state index in [1.165, 1.54) is 18.2 Å². The van der Waals surface area contributed by atoms with Crippen molar-refractivity contribution in [3.8, 4) is 22.5 Å². The molecule has 0 atom stereocenters. The molecule has 0 saturated carbocycles. The molecule has 2 aromatic carbocycles. The lowest BCUT2D eigenvalue weighted by Crippen LogP contribution is -2.20. The van der Waals surface area contributed by atoms with Gasteiger partial charge in [0, 0.05) is 41.3 Å². The number of aromatic amines is 1. The molecule has 2 aromatic heterocycles. The summed E-state index contributed by atoms with van der Waals surface area (Å²) >= 11 is 0. The number of para-hydroxylation sites is 1. The predicted molar refractivity (Wildman–Crippen MR) is 106 cm³/mol. The normalized spacial score (nSPS) is 14.2. The molecule has 1 N–H and O–H groups in total. The van der Waals surface area contributed by atoms with Gasteiger partial charge in [-0.2, -0.15) is 0 Å². The van der Waals surface area contributed by atoms with Crippen LogP contribution in [0.3, 0.4) is 0 Å². The SMILES string of the molecule is c1ccc(-c2cc(-c3c[nH]c4ccccc34)nc(N3CCCC3)n2)cc1. The van der Waals surface area contributed by atoms with Crippen molar-refractivity contribution >= 4 is 16.9 Å². The van der Waals surface area contributed by atoms with Crippen LogP contribution in [0.4, 0.5) is 5.95 Å². The minimum Gasteiger partial charge on any atom is -0.360 e. The minimum absolute atomic E-state index is 0.837. The van der Waals surface area contributed by atoms with E-state index in [9.17, 15) is 0 Å². The molecule has 1 fully saturated rings. The molecule has 0 aliphatic carbocycles. The van der Waals surface area contributed by atoms with Crippen molar-refractivity contribution < 1.29 is 0 Å². The van der Waals surface area contributed by atoms with Crippen molar-refractivity contribution in [2.24, 2.45) is 0 Å². The number of nitrogens with one attached hydrogen (secondary N) is 1. The molecule has 26 heavy (non-hydrogen) atoms. The largest absolute Gasteiger partial charge is 0.360 e. The molecule has 0 unspecified atom stereocenters. The summed E-state index contributed by atoms with van der Waals surface area (Å²) in [7, 11) is 0. The van der Waals surface area contributed by atoms with Gasteiger partial charge in [-0.25, -0.2) is 9.97 Å². The van der Waals surface area contributed by atoms with Crippen LogP contribution in [-0.4, -0.2) is 28.0 Å². The Morgan fingerprint density at radius 2 is 1.54 bits per heavy atom. The maximum Gasteiger partial charge on any atom is 0.226 e. The van der Waals surface area contributed by atoms with Crippen LogP contribution < -0.4 is 4.90 Å². The summed E-state index contributed by atoms with van der Waals surface area (Å²) < 4.78 is 0. The van der Waals surface area contributed by atoms with Gasteiger partial charge in [-0.1, -0.05) is 48.5 Å². The maximum atomic E-state index is 4.93. The van der Waals surface area contributed by atoms with Crippen LogP contribution in [0.15, 0.2) is 66.9 Å². The van der Waals surface area contributed by atoms with Gasteiger partial charge in [0.2, 0.25) is 5.95 Å². The monoisotopic (exact) mass is 340 g/mol. The van der Waals surface area contributed by atoms with Gasteiger partial charge < -0.3 is 9.88 Å². The molecule has 4 heteroatoms. The lowest BCUT2D eigenvalue weighted by Gasteiger charge is -2.17. The molecule has 1 aliphatic rings. The molecule has 0 radical (unpaired) electrons. The fraction of sp³-hybridized carbons (Fsp3) is 0.182. The van der Waals surface area contributed by atoms with Gasteiger partial charge in [-0.3, -0.25) is 0 Å². The number of rotatable bonds is 3. The lowest BCUT2D eigenvalue weighted by molar-refractivity contribution is 0.902. The number of hydrogen-bond acceptors (Lipinski definition) is 3. The number of nitrogens with zero attached hydrogens (tertiary/aromatic N) is 3. The average molecular weight is 340 g/mol. The smallest absolute Gasteiger partial charge is 0.226 e. The Labute approximate surface area is 152 Å². The van der Waals surface area contributed by atoms with E-state index in [2.05, 4.69) is 64.6 Å². The van der Waals surface area contributed by atoms with Crippen LogP contribution in [0.2, 0.25) is 0 Å². The fourth-order valence-corrected chi connectivity index (χ4v) is 3.67. The number of aromatic nitrogens is 3. The average Bonchev–Trinajstić information content (AvgIpc) is 3.38. The minimum atomic E-state index is 0.837. The van der Waals surface area contributed by atoms with E-state index in [0.717, 1.165) is 47.1 Å². The number of benzene rings is 2. The quantitative estimate of drug-likeness (QED) is 0.577. The summed E-state index contributed by atoms with van der Waals surface area (Å²) in [5.41, 5.74) is 5.32. The van der Waals surface area contributed by atoms with Gasteiger partial charge in [0.15, 0.2) is 0 Å². The van der Waals surface area contributed by atoms with E-state index < -0.39 is 0 Å². The second-order valence-corrected chi connectivity index (χ2v) is 6.75. The summed E-state index contributed by atoms with van der Waals surface area (Å²) in [5.74, 6) is 0.837. The van der Waals surface area contributed by atoms with Crippen LogP contribution in [0.1, 0.15) is 12.8 Å². The third-order valence-electron chi connectivity index (χ3n) is 5.04. The molecular weight excluding hydrogens is 320 g/mol. The first-order valence-electron chi connectivity index (χ1n) is 9.14. The molecule has 1 saturated heterocycles. The highest BCUT2D eigenvalue weighted by Gasteiger charge is 2.18. The molecular formula is C22H20N4. The molecule has 4 aromatic rings. The second kappa shape index (κ2) is 6.30. The predicted octanol–water partition coefficient (Wildman–Crippen LogP) is 4.89. The lowest BCUT2D eigenvalue weighted by atomic mass is 10.1. The topological polar surface area (TPSA) is 44.8 Å². The fourth-order valence-electron chi connectivity index (χ4n) is 3.67. The van der Waals surface area contributed by atoms with Crippen molar-refractivity contribution in [1.82, 2.24) is 15.0 Å². The Hall–Kier alpha value is -3.14. The molecule has 0 bridgehead atoms. The Kier molecular flexibility index (Phi) is 3.67. The van der Waals surface area contributed by atoms with E-state index >= 15 is 0 Å². The molecule has 5 rings (SSSR count). The molecule has 1 aliphatic heterocycles. The van der Waals surface area contributed by atoms with Crippen molar-refractivity contribution in [2.45, 2.75) is 12.8 Å². The van der Waals surface area contributed by atoms with E-state index in [4.69, 9.17) is 9.97 Å². The van der Waals surface area contributed by atoms with Gasteiger partial charge >= 0.3 is 0 Å². The summed E-state index contributed by atoms with van der Waals surface area (Å²) in [4.78, 5) is 15.5. The highest BCUT2D eigenvalue weighted by atomic mass is 15.3. The van der Waals surface area contributed by atoms with Crippen molar-refractivity contribution in [1.29, 1.82) is 0 Å². The third-order valence-corrected chi connectivity index (χ3v) is 5.04. The van der Waals surface area contributed by atoms with Gasteiger partial charge in [0.05, 0.1) is 11.4 Å². The standard InChI is InChI=1S/C22H20N4/c1-2-8-16(9-3-1)20-14-21(25-22(24-20)26-12-6-7-13-26)18-15-23-19-11-5-4-10-17(18)19/h1-5,8-11,14-15,23H,6-7,12-13H2. The zero-order valence-corrected chi connectivity index (χ0v) is 14.5. The second-order valence-electron chi connectivity index (χ2n) is 6.75. The Morgan fingerprint density at radius 1 is 0.808 bits per heavy atom. The summed E-state index contributed by atoms with van der Waals surface area (Å²) in [5, 5.41) is 1.19. The molecule has 0 spiro atoms. The van der Waals surface area contributed by atoms with E-state index in [1.807, 2.05) is 12.1 Å². The van der Waals surface area contributed by atoms with E-state index in [0.29, 0.717) is 0 Å². The Bertz CT molecular complexity index is 1050. The van der Waals surface area contributed by atoms with Crippen molar-refractivity contribution in [3.05, 3.63) is 66.9 Å². The third kappa shape index (κ3) is 2.64. The van der Waals surface area contributed by atoms with Gasteiger partial charge in [0.1, 0.15) is 0 Å². The summed E-state index contributed by atoms with van der Waals surface area (Å²) in [6.45, 7) is 2.07. The highest BCUT2D eigenvalue weighted by molar-refractivity contribution is 5.95. The van der Waals surface area contributed by atoms with Gasteiger partial charge in [0.25, 0.3) is 0 Å². The number of anilines is 1. The van der Waals surface area contributed by atoms with Crippen molar-refractivity contribution in [3.63, 3.8) is 0 Å². The number of H-pyrrole nitrogens is 1. The van der Waals surface area contributed by atoms with Gasteiger partial charge in [-0.05, 0) is 25.0 Å². The maximum absolute atomic E-state index is 4.93. The van der Waals surface area contributed by atoms with Crippen LogP contribution in [0, 0.1) is 0 Å². The van der Waals surface area contributed by atoms with E-state index in [1.54, 1.807) is 0 Å². The first-order chi connectivity index (χ1) is 12.9. The highest BCUT2D eigenvalue weighted by Crippen LogP contribution is 2.31. The molecule has 0 amide bonds. The number of fused-ring (bicyclic) bond motifs is 1. The first-order valence-corrected chi connectivity index (χ1v) is 9.14. The molecule has 128 valence electrons. The summed E-state index contributed by atoms with van der Waals surface area (Å²) in [6, 6.07) is 20.8.